The maximum absolute atomic E-state index is 4.48. The van der Waals surface area contributed by atoms with E-state index in [9.17, 15) is 0 Å². The molecule has 3 aromatic heterocycles. The number of hydrogen-bond acceptors (Lipinski definition) is 4. The topological polar surface area (TPSA) is 57.7 Å². The average Bonchev–Trinajstić information content (AvgIpc) is 3.17. The summed E-state index contributed by atoms with van der Waals surface area (Å²) in [5, 5.41) is 1.09. The molecule has 0 aliphatic carbocycles. The van der Waals surface area contributed by atoms with Gasteiger partial charge >= 0.3 is 0 Å². The maximum Gasteiger partial charge on any atom is 0.142 e. The minimum atomic E-state index is 0.486. The SMILES string of the molecule is c1ccc(C2CCN(c3ncnc4[nH]ccc34)C2)nc1. The van der Waals surface area contributed by atoms with E-state index in [1.165, 1.54) is 5.69 Å². The first-order chi connectivity index (χ1) is 9.92. The third kappa shape index (κ3) is 1.82. The van der Waals surface area contributed by atoms with Crippen LogP contribution in [0, 0.1) is 0 Å². The van der Waals surface area contributed by atoms with Gasteiger partial charge in [-0.05, 0) is 24.6 Å². The molecular formula is C15H15N5. The molecule has 1 N–H and O–H groups in total. The molecule has 100 valence electrons. The summed E-state index contributed by atoms with van der Waals surface area (Å²) in [5.74, 6) is 1.51. The van der Waals surface area contributed by atoms with E-state index in [2.05, 4.69) is 37.0 Å². The summed E-state index contributed by atoms with van der Waals surface area (Å²) in [6.07, 6.45) is 6.53. The minimum absolute atomic E-state index is 0.486. The predicted octanol–water partition coefficient (Wildman–Crippen LogP) is 2.35. The molecule has 1 unspecified atom stereocenters. The van der Waals surface area contributed by atoms with Crippen LogP contribution in [0.5, 0.6) is 0 Å². The van der Waals surface area contributed by atoms with Gasteiger partial charge in [-0.25, -0.2) is 9.97 Å². The number of anilines is 1. The number of pyridine rings is 1. The number of nitrogens with one attached hydrogen (secondary N) is 1. The van der Waals surface area contributed by atoms with Crippen LogP contribution in [0.3, 0.4) is 0 Å². The van der Waals surface area contributed by atoms with Gasteiger partial charge < -0.3 is 9.88 Å². The third-order valence-corrected chi connectivity index (χ3v) is 3.93. The van der Waals surface area contributed by atoms with Gasteiger partial charge in [0.05, 0.1) is 5.39 Å². The van der Waals surface area contributed by atoms with E-state index >= 15 is 0 Å². The molecule has 1 aliphatic heterocycles. The number of hydrogen-bond donors (Lipinski definition) is 1. The largest absolute Gasteiger partial charge is 0.355 e. The highest BCUT2D eigenvalue weighted by Crippen LogP contribution is 2.31. The summed E-state index contributed by atoms with van der Waals surface area (Å²) in [5.41, 5.74) is 2.07. The van der Waals surface area contributed by atoms with E-state index in [-0.39, 0.29) is 0 Å². The number of aromatic nitrogens is 4. The molecule has 0 bridgehead atoms. The maximum atomic E-state index is 4.48. The van der Waals surface area contributed by atoms with Crippen molar-refractivity contribution in [1.82, 2.24) is 19.9 Å². The van der Waals surface area contributed by atoms with Gasteiger partial charge in [-0.2, -0.15) is 0 Å². The summed E-state index contributed by atoms with van der Waals surface area (Å²) in [6.45, 7) is 1.98. The highest BCUT2D eigenvalue weighted by atomic mass is 15.2. The van der Waals surface area contributed by atoms with Gasteiger partial charge in [0.15, 0.2) is 0 Å². The zero-order valence-electron chi connectivity index (χ0n) is 11.0. The zero-order valence-corrected chi connectivity index (χ0v) is 11.0. The van der Waals surface area contributed by atoms with Gasteiger partial charge in [-0.3, -0.25) is 4.98 Å². The lowest BCUT2D eigenvalue weighted by molar-refractivity contribution is 0.744. The summed E-state index contributed by atoms with van der Waals surface area (Å²) in [7, 11) is 0. The molecule has 1 saturated heterocycles. The second-order valence-electron chi connectivity index (χ2n) is 5.12. The molecular weight excluding hydrogens is 250 g/mol. The Morgan fingerprint density at radius 3 is 3.05 bits per heavy atom. The van der Waals surface area contributed by atoms with Gasteiger partial charge in [-0.15, -0.1) is 0 Å². The van der Waals surface area contributed by atoms with Crippen molar-refractivity contribution in [3.8, 4) is 0 Å². The summed E-state index contributed by atoms with van der Waals surface area (Å²) < 4.78 is 0. The van der Waals surface area contributed by atoms with Crippen LogP contribution in [0.25, 0.3) is 11.0 Å². The molecule has 1 aliphatic rings. The Morgan fingerprint density at radius 1 is 1.15 bits per heavy atom. The first-order valence-corrected chi connectivity index (χ1v) is 6.86. The number of H-pyrrole nitrogens is 1. The molecule has 0 spiro atoms. The number of rotatable bonds is 2. The van der Waals surface area contributed by atoms with Crippen molar-refractivity contribution in [3.05, 3.63) is 48.7 Å². The van der Waals surface area contributed by atoms with E-state index in [4.69, 9.17) is 0 Å². The molecule has 0 saturated carbocycles. The minimum Gasteiger partial charge on any atom is -0.355 e. The fourth-order valence-corrected chi connectivity index (χ4v) is 2.92. The number of aromatic amines is 1. The average molecular weight is 265 g/mol. The molecule has 20 heavy (non-hydrogen) atoms. The first-order valence-electron chi connectivity index (χ1n) is 6.86. The second-order valence-corrected chi connectivity index (χ2v) is 5.12. The van der Waals surface area contributed by atoms with Crippen molar-refractivity contribution in [1.29, 1.82) is 0 Å². The molecule has 0 amide bonds. The van der Waals surface area contributed by atoms with Crippen molar-refractivity contribution in [2.45, 2.75) is 12.3 Å². The van der Waals surface area contributed by atoms with Crippen LogP contribution in [0.4, 0.5) is 5.82 Å². The Balaban J connectivity index is 1.64. The summed E-state index contributed by atoms with van der Waals surface area (Å²) >= 11 is 0. The third-order valence-electron chi connectivity index (χ3n) is 3.93. The van der Waals surface area contributed by atoms with Gasteiger partial charge in [0, 0.05) is 37.1 Å². The van der Waals surface area contributed by atoms with Crippen LogP contribution in [0.2, 0.25) is 0 Å². The van der Waals surface area contributed by atoms with Crippen LogP contribution >= 0.6 is 0 Å². The van der Waals surface area contributed by atoms with Crippen LogP contribution in [0.1, 0.15) is 18.0 Å². The Hall–Kier alpha value is -2.43. The van der Waals surface area contributed by atoms with Gasteiger partial charge in [-0.1, -0.05) is 6.07 Å². The highest BCUT2D eigenvalue weighted by Gasteiger charge is 2.26. The Labute approximate surface area is 116 Å². The highest BCUT2D eigenvalue weighted by molar-refractivity contribution is 5.87. The van der Waals surface area contributed by atoms with Gasteiger partial charge in [0.2, 0.25) is 0 Å². The van der Waals surface area contributed by atoms with Crippen molar-refractivity contribution in [3.63, 3.8) is 0 Å². The molecule has 1 atom stereocenters. The summed E-state index contributed by atoms with van der Waals surface area (Å²) in [6, 6.07) is 8.17. The fraction of sp³-hybridized carbons (Fsp3) is 0.267. The van der Waals surface area contributed by atoms with Crippen molar-refractivity contribution >= 4 is 16.9 Å². The van der Waals surface area contributed by atoms with Gasteiger partial charge in [0.1, 0.15) is 17.8 Å². The molecule has 4 rings (SSSR count). The van der Waals surface area contributed by atoms with Gasteiger partial charge in [0.25, 0.3) is 0 Å². The van der Waals surface area contributed by atoms with Crippen molar-refractivity contribution in [2.24, 2.45) is 0 Å². The fourth-order valence-electron chi connectivity index (χ4n) is 2.92. The van der Waals surface area contributed by atoms with Crippen LogP contribution in [0.15, 0.2) is 43.0 Å². The van der Waals surface area contributed by atoms with Crippen LogP contribution in [-0.4, -0.2) is 33.0 Å². The molecule has 0 aromatic carbocycles. The lowest BCUT2D eigenvalue weighted by Crippen LogP contribution is -2.20. The van der Waals surface area contributed by atoms with E-state index in [1.807, 2.05) is 24.5 Å². The van der Waals surface area contributed by atoms with E-state index in [0.717, 1.165) is 36.4 Å². The number of fused-ring (bicyclic) bond motifs is 1. The number of nitrogens with zero attached hydrogens (tertiary/aromatic N) is 4. The lowest BCUT2D eigenvalue weighted by Gasteiger charge is -2.17. The van der Waals surface area contributed by atoms with E-state index < -0.39 is 0 Å². The van der Waals surface area contributed by atoms with Crippen LogP contribution in [-0.2, 0) is 0 Å². The lowest BCUT2D eigenvalue weighted by atomic mass is 10.0. The van der Waals surface area contributed by atoms with E-state index in [0.29, 0.717) is 5.92 Å². The quantitative estimate of drug-likeness (QED) is 0.772. The van der Waals surface area contributed by atoms with Crippen molar-refractivity contribution in [2.75, 3.05) is 18.0 Å². The summed E-state index contributed by atoms with van der Waals surface area (Å²) in [4.78, 5) is 18.7. The normalized spacial score (nSPS) is 18.8. The first kappa shape index (κ1) is 11.4. The second kappa shape index (κ2) is 4.59. The van der Waals surface area contributed by atoms with Crippen LogP contribution < -0.4 is 4.90 Å². The Kier molecular flexibility index (Phi) is 2.62. The standard InChI is InChI=1S/C15H15N5/c1-2-6-16-13(3-1)11-5-8-20(9-11)15-12-4-7-17-14(12)18-10-19-15/h1-4,6-7,10-11H,5,8-9H2,(H,17,18,19). The predicted molar refractivity (Wildman–Crippen MR) is 77.7 cm³/mol. The molecule has 3 aromatic rings. The molecule has 0 radical (unpaired) electrons. The Bertz CT molecular complexity index is 721. The molecule has 5 heteroatoms. The monoisotopic (exact) mass is 265 g/mol. The zero-order chi connectivity index (χ0) is 13.4. The molecule has 1 fully saturated rings. The Morgan fingerprint density at radius 2 is 2.15 bits per heavy atom. The molecule has 4 heterocycles. The van der Waals surface area contributed by atoms with E-state index in [1.54, 1.807) is 6.33 Å². The molecule has 5 nitrogen and oxygen atoms in total. The smallest absolute Gasteiger partial charge is 0.142 e. The van der Waals surface area contributed by atoms with Crippen molar-refractivity contribution < 1.29 is 0 Å².